The van der Waals surface area contributed by atoms with E-state index in [9.17, 15) is 9.59 Å². The van der Waals surface area contributed by atoms with Crippen molar-refractivity contribution < 1.29 is 9.59 Å². The highest BCUT2D eigenvalue weighted by Crippen LogP contribution is 2.24. The lowest BCUT2D eigenvalue weighted by atomic mass is 9.92. The average molecular weight is 441 g/mol. The summed E-state index contributed by atoms with van der Waals surface area (Å²) in [4.78, 5) is 36.1. The fraction of sp³-hybridized carbons (Fsp3) is 0.458. The molecule has 6 nitrogen and oxygen atoms in total. The topological polar surface area (TPSA) is 56.8 Å². The van der Waals surface area contributed by atoms with Crippen molar-refractivity contribution in [1.29, 1.82) is 0 Å². The van der Waals surface area contributed by atoms with Crippen LogP contribution in [0.2, 0.25) is 5.02 Å². The number of halogens is 1. The number of carbonyl (C=O) groups is 2. The SMILES string of the molecule is O=C(CC[C@H]1CCCN(C(=O)c2ccc(Cl)cc2)C1)N1CCN(c2ccccn2)CC1. The normalized spacial score (nSPS) is 19.4. The Balaban J connectivity index is 1.23. The van der Waals surface area contributed by atoms with Gasteiger partial charge < -0.3 is 14.7 Å². The largest absolute Gasteiger partial charge is 0.353 e. The van der Waals surface area contributed by atoms with Crippen LogP contribution in [0, 0.1) is 5.92 Å². The third-order valence-electron chi connectivity index (χ3n) is 6.27. The van der Waals surface area contributed by atoms with Crippen LogP contribution in [0.5, 0.6) is 0 Å². The summed E-state index contributed by atoms with van der Waals surface area (Å²) in [5.74, 6) is 1.63. The van der Waals surface area contributed by atoms with Gasteiger partial charge in [-0.15, -0.1) is 0 Å². The lowest BCUT2D eigenvalue weighted by molar-refractivity contribution is -0.131. The summed E-state index contributed by atoms with van der Waals surface area (Å²) in [6.07, 6.45) is 5.25. The third-order valence-corrected chi connectivity index (χ3v) is 6.52. The van der Waals surface area contributed by atoms with Crippen LogP contribution in [0.25, 0.3) is 0 Å². The summed E-state index contributed by atoms with van der Waals surface area (Å²) in [5.41, 5.74) is 0.673. The fourth-order valence-corrected chi connectivity index (χ4v) is 4.60. The van der Waals surface area contributed by atoms with E-state index in [-0.39, 0.29) is 11.8 Å². The van der Waals surface area contributed by atoms with Gasteiger partial charge in [-0.05, 0) is 61.6 Å². The van der Waals surface area contributed by atoms with Gasteiger partial charge in [0.1, 0.15) is 5.82 Å². The van der Waals surface area contributed by atoms with E-state index < -0.39 is 0 Å². The highest BCUT2D eigenvalue weighted by Gasteiger charge is 2.26. The third kappa shape index (κ3) is 5.56. The van der Waals surface area contributed by atoms with Gasteiger partial charge in [-0.25, -0.2) is 4.98 Å². The summed E-state index contributed by atoms with van der Waals surface area (Å²) in [5, 5.41) is 0.632. The van der Waals surface area contributed by atoms with Gasteiger partial charge in [0.2, 0.25) is 5.91 Å². The lowest BCUT2D eigenvalue weighted by Crippen LogP contribution is -2.49. The number of nitrogens with zero attached hydrogens (tertiary/aromatic N) is 4. The molecular weight excluding hydrogens is 412 g/mol. The molecule has 0 bridgehead atoms. The van der Waals surface area contributed by atoms with Gasteiger partial charge in [0.25, 0.3) is 5.91 Å². The minimum absolute atomic E-state index is 0.0540. The number of rotatable bonds is 5. The first-order chi connectivity index (χ1) is 15.1. The van der Waals surface area contributed by atoms with E-state index in [0.29, 0.717) is 22.9 Å². The number of anilines is 1. The highest BCUT2D eigenvalue weighted by atomic mass is 35.5. The van der Waals surface area contributed by atoms with Gasteiger partial charge in [-0.2, -0.15) is 0 Å². The Morgan fingerprint density at radius 1 is 0.968 bits per heavy atom. The predicted molar refractivity (Wildman–Crippen MR) is 122 cm³/mol. The van der Waals surface area contributed by atoms with Crippen molar-refractivity contribution in [1.82, 2.24) is 14.8 Å². The number of hydrogen-bond donors (Lipinski definition) is 0. The maximum atomic E-state index is 12.8. The van der Waals surface area contributed by atoms with Crippen molar-refractivity contribution in [3.05, 3.63) is 59.2 Å². The molecule has 1 atom stereocenters. The maximum absolute atomic E-state index is 12.8. The van der Waals surface area contributed by atoms with Crippen LogP contribution >= 0.6 is 11.6 Å². The summed E-state index contributed by atoms with van der Waals surface area (Å²) in [6, 6.07) is 13.0. The van der Waals surface area contributed by atoms with Crippen LogP contribution in [0.1, 0.15) is 36.0 Å². The molecule has 0 radical (unpaired) electrons. The molecule has 164 valence electrons. The highest BCUT2D eigenvalue weighted by molar-refractivity contribution is 6.30. The summed E-state index contributed by atoms with van der Waals surface area (Å²) in [7, 11) is 0. The molecule has 0 spiro atoms. The van der Waals surface area contributed by atoms with Gasteiger partial charge in [-0.3, -0.25) is 9.59 Å². The molecule has 1 aromatic heterocycles. The Hall–Kier alpha value is -2.60. The standard InChI is InChI=1S/C24H29ClN4O2/c25-21-9-7-20(8-10-21)24(31)29-13-3-4-19(18-29)6-11-23(30)28-16-14-27(15-17-28)22-5-1-2-12-26-22/h1-2,5,7-10,12,19H,3-4,6,11,13-18H2/t19-/m1/s1. The minimum atomic E-state index is 0.0540. The van der Waals surface area contributed by atoms with E-state index >= 15 is 0 Å². The van der Waals surface area contributed by atoms with Crippen molar-refractivity contribution in [2.24, 2.45) is 5.92 Å². The van der Waals surface area contributed by atoms with Crippen LogP contribution < -0.4 is 4.90 Å². The van der Waals surface area contributed by atoms with Crippen LogP contribution in [0.4, 0.5) is 5.82 Å². The minimum Gasteiger partial charge on any atom is -0.353 e. The molecule has 4 rings (SSSR count). The molecule has 1 aromatic carbocycles. The van der Waals surface area contributed by atoms with E-state index in [4.69, 9.17) is 11.6 Å². The smallest absolute Gasteiger partial charge is 0.253 e. The number of piperidine rings is 1. The first-order valence-electron chi connectivity index (χ1n) is 11.1. The number of likely N-dealkylation sites (tertiary alicyclic amines) is 1. The molecular formula is C24H29ClN4O2. The number of benzene rings is 1. The Morgan fingerprint density at radius 3 is 2.45 bits per heavy atom. The number of pyridine rings is 1. The second-order valence-corrected chi connectivity index (χ2v) is 8.80. The Kier molecular flexibility index (Phi) is 7.07. The second kappa shape index (κ2) is 10.1. The average Bonchev–Trinajstić information content (AvgIpc) is 2.83. The van der Waals surface area contributed by atoms with Crippen LogP contribution in [-0.4, -0.2) is 65.9 Å². The molecule has 0 aliphatic carbocycles. The predicted octanol–water partition coefficient (Wildman–Crippen LogP) is 3.72. The van der Waals surface area contributed by atoms with Crippen LogP contribution in [0.15, 0.2) is 48.7 Å². The van der Waals surface area contributed by atoms with Gasteiger partial charge in [0, 0.05) is 62.5 Å². The Labute approximate surface area is 188 Å². The van der Waals surface area contributed by atoms with Crippen molar-refractivity contribution in [2.45, 2.75) is 25.7 Å². The van der Waals surface area contributed by atoms with E-state index in [0.717, 1.165) is 64.3 Å². The zero-order valence-electron chi connectivity index (χ0n) is 17.8. The van der Waals surface area contributed by atoms with Gasteiger partial charge >= 0.3 is 0 Å². The first kappa shape index (κ1) is 21.6. The molecule has 0 unspecified atom stereocenters. The van der Waals surface area contributed by atoms with E-state index in [1.165, 1.54) is 0 Å². The molecule has 2 aliphatic rings. The van der Waals surface area contributed by atoms with Crippen LogP contribution in [-0.2, 0) is 4.79 Å². The van der Waals surface area contributed by atoms with Crippen molar-refractivity contribution >= 4 is 29.2 Å². The summed E-state index contributed by atoms with van der Waals surface area (Å²) in [6.45, 7) is 4.61. The number of carbonyl (C=O) groups excluding carboxylic acids is 2. The van der Waals surface area contributed by atoms with Crippen molar-refractivity contribution in [3.63, 3.8) is 0 Å². The Bertz CT molecular complexity index is 882. The van der Waals surface area contributed by atoms with E-state index in [2.05, 4.69) is 9.88 Å². The van der Waals surface area contributed by atoms with E-state index in [1.54, 1.807) is 30.5 Å². The number of aromatic nitrogens is 1. The monoisotopic (exact) mass is 440 g/mol. The molecule has 31 heavy (non-hydrogen) atoms. The molecule has 2 saturated heterocycles. The second-order valence-electron chi connectivity index (χ2n) is 8.36. The number of amides is 2. The van der Waals surface area contributed by atoms with Crippen molar-refractivity contribution in [2.75, 3.05) is 44.2 Å². The summed E-state index contributed by atoms with van der Waals surface area (Å²) >= 11 is 5.93. The molecule has 7 heteroatoms. The first-order valence-corrected chi connectivity index (χ1v) is 11.5. The molecule has 2 amide bonds. The van der Waals surface area contributed by atoms with Crippen molar-refractivity contribution in [3.8, 4) is 0 Å². The molecule has 0 N–H and O–H groups in total. The maximum Gasteiger partial charge on any atom is 0.253 e. The van der Waals surface area contributed by atoms with Gasteiger partial charge in [0.05, 0.1) is 0 Å². The quantitative estimate of drug-likeness (QED) is 0.711. The molecule has 2 aliphatic heterocycles. The number of hydrogen-bond acceptors (Lipinski definition) is 4. The molecule has 3 heterocycles. The van der Waals surface area contributed by atoms with Gasteiger partial charge in [0.15, 0.2) is 0 Å². The zero-order chi connectivity index (χ0) is 21.6. The zero-order valence-corrected chi connectivity index (χ0v) is 18.5. The molecule has 2 aromatic rings. The molecule has 2 fully saturated rings. The fourth-order valence-electron chi connectivity index (χ4n) is 4.47. The van der Waals surface area contributed by atoms with Crippen LogP contribution in [0.3, 0.4) is 0 Å². The lowest BCUT2D eigenvalue weighted by Gasteiger charge is -2.36. The van der Waals surface area contributed by atoms with E-state index in [1.807, 2.05) is 28.0 Å². The Morgan fingerprint density at radius 2 is 1.74 bits per heavy atom. The number of piperazine rings is 1. The molecule has 0 saturated carbocycles. The van der Waals surface area contributed by atoms with Gasteiger partial charge in [-0.1, -0.05) is 17.7 Å². The summed E-state index contributed by atoms with van der Waals surface area (Å²) < 4.78 is 0.